The fourth-order valence-electron chi connectivity index (χ4n) is 3.92. The van der Waals surface area contributed by atoms with Crippen LogP contribution in [-0.4, -0.2) is 55.0 Å². The quantitative estimate of drug-likeness (QED) is 0.778. The fraction of sp³-hybridized carbons (Fsp3) is 0.526. The van der Waals surface area contributed by atoms with Crippen LogP contribution in [-0.2, 0) is 24.8 Å². The van der Waals surface area contributed by atoms with Gasteiger partial charge in [-0.1, -0.05) is 29.8 Å². The lowest BCUT2D eigenvalue weighted by atomic mass is 9.95. The number of rotatable bonds is 5. The average Bonchev–Trinajstić information content (AvgIpc) is 3.36. The third-order valence-electron chi connectivity index (χ3n) is 5.76. The molecular weight excluding hydrogens is 402 g/mol. The van der Waals surface area contributed by atoms with E-state index in [2.05, 4.69) is 10.4 Å². The number of carbonyl (C=O) groups is 2. The van der Waals surface area contributed by atoms with Crippen molar-refractivity contribution in [3.63, 3.8) is 0 Å². The molecular formula is C19H22ClN3O4S. The first-order valence-corrected chi connectivity index (χ1v) is 11.6. The molecule has 0 unspecified atom stereocenters. The van der Waals surface area contributed by atoms with Crippen LogP contribution >= 0.6 is 11.6 Å². The number of hydrazone groups is 1. The maximum Gasteiger partial charge on any atom is 0.267 e. The number of nitrogens with one attached hydrogen (secondary N) is 1. The van der Waals surface area contributed by atoms with Gasteiger partial charge in [0.05, 0.1) is 17.5 Å². The molecule has 1 aromatic carbocycles. The number of nitrogens with zero attached hydrogens (tertiary/aromatic N) is 2. The molecule has 9 heteroatoms. The summed E-state index contributed by atoms with van der Waals surface area (Å²) in [5.41, 5.74) is 1.17. The van der Waals surface area contributed by atoms with E-state index >= 15 is 0 Å². The number of benzene rings is 1. The standard InChI is InChI=1S/C19H22ClN3O4S/c20-15-4-2-1-3-14(15)19(8-9-19)12-21-18(25)16-5-6-17(24)23(22-16)13-7-10-28(26,27)11-13/h1-4,13H,5-12H2,(H,21,25)/t13-/m0/s1. The zero-order valence-corrected chi connectivity index (χ0v) is 16.9. The lowest BCUT2D eigenvalue weighted by molar-refractivity contribution is -0.133. The van der Waals surface area contributed by atoms with E-state index in [9.17, 15) is 18.0 Å². The Hall–Kier alpha value is -1.93. The molecule has 1 aliphatic carbocycles. The molecule has 0 radical (unpaired) electrons. The molecule has 0 bridgehead atoms. The zero-order valence-electron chi connectivity index (χ0n) is 15.4. The van der Waals surface area contributed by atoms with Crippen molar-refractivity contribution >= 4 is 39.0 Å². The smallest absolute Gasteiger partial charge is 0.267 e. The summed E-state index contributed by atoms with van der Waals surface area (Å²) in [6.07, 6.45) is 2.70. The van der Waals surface area contributed by atoms with Gasteiger partial charge in [0.15, 0.2) is 9.84 Å². The Balaban J connectivity index is 1.44. The Morgan fingerprint density at radius 2 is 2.04 bits per heavy atom. The van der Waals surface area contributed by atoms with Crippen molar-refractivity contribution < 1.29 is 18.0 Å². The maximum atomic E-state index is 12.7. The summed E-state index contributed by atoms with van der Waals surface area (Å²) in [5.74, 6) is -0.573. The molecule has 2 fully saturated rings. The van der Waals surface area contributed by atoms with Gasteiger partial charge in [0.25, 0.3) is 5.91 Å². The van der Waals surface area contributed by atoms with Gasteiger partial charge >= 0.3 is 0 Å². The summed E-state index contributed by atoms with van der Waals surface area (Å²) in [6.45, 7) is 0.459. The highest BCUT2D eigenvalue weighted by molar-refractivity contribution is 7.91. The highest BCUT2D eigenvalue weighted by Gasteiger charge is 2.46. The Kier molecular flexibility index (Phi) is 4.95. The Morgan fingerprint density at radius 3 is 2.68 bits per heavy atom. The molecule has 2 amide bonds. The normalized spacial score (nSPS) is 25.3. The number of amides is 2. The van der Waals surface area contributed by atoms with Crippen LogP contribution in [0.4, 0.5) is 0 Å². The number of sulfone groups is 1. The van der Waals surface area contributed by atoms with Gasteiger partial charge in [-0.05, 0) is 30.9 Å². The van der Waals surface area contributed by atoms with Crippen molar-refractivity contribution in [3.05, 3.63) is 34.9 Å². The second kappa shape index (κ2) is 7.15. The SMILES string of the molecule is O=C(NCC1(c2ccccc2Cl)CC1)C1=NN([C@H]2CCS(=O)(=O)C2)C(=O)CC1. The summed E-state index contributed by atoms with van der Waals surface area (Å²) < 4.78 is 23.4. The average molecular weight is 424 g/mol. The van der Waals surface area contributed by atoms with Crippen molar-refractivity contribution in [2.45, 2.75) is 43.6 Å². The monoisotopic (exact) mass is 423 g/mol. The summed E-state index contributed by atoms with van der Waals surface area (Å²) in [5, 5.41) is 9.07. The molecule has 1 aromatic rings. The number of hydrogen-bond acceptors (Lipinski definition) is 5. The van der Waals surface area contributed by atoms with E-state index in [1.165, 1.54) is 5.01 Å². The molecule has 7 nitrogen and oxygen atoms in total. The van der Waals surface area contributed by atoms with E-state index in [-0.39, 0.29) is 47.3 Å². The molecule has 3 aliphatic rings. The van der Waals surface area contributed by atoms with Gasteiger partial charge in [-0.15, -0.1) is 0 Å². The Labute approximate surface area is 169 Å². The van der Waals surface area contributed by atoms with E-state index in [0.717, 1.165) is 18.4 Å². The third-order valence-corrected chi connectivity index (χ3v) is 7.84. The van der Waals surface area contributed by atoms with Crippen molar-refractivity contribution in [3.8, 4) is 0 Å². The van der Waals surface area contributed by atoms with Gasteiger partial charge in [-0.25, -0.2) is 13.4 Å². The Morgan fingerprint density at radius 1 is 1.29 bits per heavy atom. The first kappa shape index (κ1) is 19.4. The number of halogens is 1. The molecule has 0 spiro atoms. The predicted octanol–water partition coefficient (Wildman–Crippen LogP) is 1.65. The fourth-order valence-corrected chi connectivity index (χ4v) is 5.95. The molecule has 1 saturated heterocycles. The van der Waals surface area contributed by atoms with Crippen molar-refractivity contribution in [1.82, 2.24) is 10.3 Å². The maximum absolute atomic E-state index is 12.7. The topological polar surface area (TPSA) is 95.9 Å². The van der Waals surface area contributed by atoms with Crippen molar-refractivity contribution in [2.24, 2.45) is 5.10 Å². The first-order valence-electron chi connectivity index (χ1n) is 9.43. The largest absolute Gasteiger partial charge is 0.350 e. The zero-order chi connectivity index (χ0) is 19.9. The number of carbonyl (C=O) groups excluding carboxylic acids is 2. The minimum absolute atomic E-state index is 0.0544. The molecule has 2 aliphatic heterocycles. The van der Waals surface area contributed by atoms with Gasteiger partial charge in [-0.2, -0.15) is 5.10 Å². The highest BCUT2D eigenvalue weighted by atomic mass is 35.5. The molecule has 0 aromatic heterocycles. The molecule has 4 rings (SSSR count). The van der Waals surface area contributed by atoms with Crippen LogP contribution in [0, 0.1) is 0 Å². The van der Waals surface area contributed by atoms with Crippen LogP contribution in [0.3, 0.4) is 0 Å². The van der Waals surface area contributed by atoms with Gasteiger partial charge in [0.1, 0.15) is 5.71 Å². The lowest BCUT2D eigenvalue weighted by Crippen LogP contribution is -2.45. The molecule has 150 valence electrons. The van der Waals surface area contributed by atoms with Gasteiger partial charge in [0.2, 0.25) is 5.91 Å². The summed E-state index contributed by atoms with van der Waals surface area (Å²) >= 11 is 6.31. The first-order chi connectivity index (χ1) is 13.3. The molecule has 1 atom stereocenters. The van der Waals surface area contributed by atoms with Gasteiger partial charge in [0, 0.05) is 29.8 Å². The van der Waals surface area contributed by atoms with Crippen LogP contribution in [0.25, 0.3) is 0 Å². The van der Waals surface area contributed by atoms with Crippen molar-refractivity contribution in [2.75, 3.05) is 18.1 Å². The van der Waals surface area contributed by atoms with Gasteiger partial charge < -0.3 is 5.32 Å². The van der Waals surface area contributed by atoms with Crippen LogP contribution in [0.5, 0.6) is 0 Å². The molecule has 1 saturated carbocycles. The lowest BCUT2D eigenvalue weighted by Gasteiger charge is -2.27. The van der Waals surface area contributed by atoms with Crippen LogP contribution in [0.15, 0.2) is 29.4 Å². The summed E-state index contributed by atoms with van der Waals surface area (Å²) in [7, 11) is -3.14. The second-order valence-electron chi connectivity index (χ2n) is 7.78. The van der Waals surface area contributed by atoms with E-state index in [1.807, 2.05) is 24.3 Å². The summed E-state index contributed by atoms with van der Waals surface area (Å²) in [6, 6.07) is 7.18. The van der Waals surface area contributed by atoms with Crippen LogP contribution in [0.1, 0.15) is 37.7 Å². The Bertz CT molecular complexity index is 956. The van der Waals surface area contributed by atoms with Crippen LogP contribution in [0.2, 0.25) is 5.02 Å². The molecule has 1 N–H and O–H groups in total. The van der Waals surface area contributed by atoms with E-state index in [1.54, 1.807) is 0 Å². The third kappa shape index (κ3) is 3.80. The van der Waals surface area contributed by atoms with Crippen molar-refractivity contribution in [1.29, 1.82) is 0 Å². The van der Waals surface area contributed by atoms with E-state index in [0.29, 0.717) is 18.0 Å². The van der Waals surface area contributed by atoms with Gasteiger partial charge in [-0.3, -0.25) is 9.59 Å². The summed E-state index contributed by atoms with van der Waals surface area (Å²) in [4.78, 5) is 24.8. The minimum Gasteiger partial charge on any atom is -0.350 e. The minimum atomic E-state index is -3.14. The predicted molar refractivity (Wildman–Crippen MR) is 106 cm³/mol. The van der Waals surface area contributed by atoms with Crippen LogP contribution < -0.4 is 5.32 Å². The highest BCUT2D eigenvalue weighted by Crippen LogP contribution is 2.49. The molecule has 2 heterocycles. The second-order valence-corrected chi connectivity index (χ2v) is 10.4. The van der Waals surface area contributed by atoms with E-state index in [4.69, 9.17) is 11.6 Å². The molecule has 28 heavy (non-hydrogen) atoms. The number of hydrogen-bond donors (Lipinski definition) is 1. The van der Waals surface area contributed by atoms with E-state index < -0.39 is 15.9 Å².